The van der Waals surface area contributed by atoms with Gasteiger partial charge in [-0.15, -0.1) is 24.8 Å². The number of carbonyl (C=O) groups is 1. The Kier molecular flexibility index (Phi) is 8.64. The van der Waals surface area contributed by atoms with Crippen LogP contribution in [0, 0.1) is 18.3 Å². The van der Waals surface area contributed by atoms with Crippen LogP contribution < -0.4 is 10.6 Å². The van der Waals surface area contributed by atoms with Gasteiger partial charge in [0.25, 0.3) is 0 Å². The maximum atomic E-state index is 13.2. The highest BCUT2D eigenvalue weighted by Crippen LogP contribution is 2.44. The van der Waals surface area contributed by atoms with Gasteiger partial charge >= 0.3 is 0 Å². The normalized spacial score (nSPS) is 28.5. The van der Waals surface area contributed by atoms with Gasteiger partial charge in [-0.2, -0.15) is 0 Å². The van der Waals surface area contributed by atoms with E-state index in [1.807, 2.05) is 19.1 Å². The second-order valence-electron chi connectivity index (χ2n) is 8.05. The van der Waals surface area contributed by atoms with Gasteiger partial charge in [0.05, 0.1) is 24.7 Å². The summed E-state index contributed by atoms with van der Waals surface area (Å²) in [5.41, 5.74) is -0.201. The van der Waals surface area contributed by atoms with Crippen molar-refractivity contribution in [1.82, 2.24) is 15.5 Å². The molecule has 3 heterocycles. The third kappa shape index (κ3) is 4.68. The molecule has 1 unspecified atom stereocenters. The number of morpholine rings is 1. The fourth-order valence-corrected chi connectivity index (χ4v) is 4.99. The summed E-state index contributed by atoms with van der Waals surface area (Å²) >= 11 is 0. The number of ether oxygens (including phenoxy) is 1. The molecule has 2 aliphatic heterocycles. The molecular weight excluding hydrogens is 401 g/mol. The van der Waals surface area contributed by atoms with Crippen molar-refractivity contribution in [2.45, 2.75) is 38.6 Å². The average Bonchev–Trinajstić information content (AvgIpc) is 3.29. The van der Waals surface area contributed by atoms with Gasteiger partial charge in [0, 0.05) is 26.2 Å². The van der Waals surface area contributed by atoms with Gasteiger partial charge in [0.1, 0.15) is 11.5 Å². The van der Waals surface area contributed by atoms with E-state index in [0.29, 0.717) is 12.5 Å². The van der Waals surface area contributed by atoms with E-state index in [-0.39, 0.29) is 42.2 Å². The van der Waals surface area contributed by atoms with Crippen LogP contribution in [0.25, 0.3) is 0 Å². The number of fused-ring (bicyclic) bond motifs is 1. The highest BCUT2D eigenvalue weighted by molar-refractivity contribution is 5.85. The van der Waals surface area contributed by atoms with Gasteiger partial charge in [-0.25, -0.2) is 0 Å². The first-order chi connectivity index (χ1) is 12.7. The molecular formula is C20H33Cl2N3O3. The number of carbonyl (C=O) groups excluding carboxylic acids is 1. The summed E-state index contributed by atoms with van der Waals surface area (Å²) in [6, 6.07) is 4.12. The molecule has 3 atom stereocenters. The quantitative estimate of drug-likeness (QED) is 0.746. The molecule has 160 valence electrons. The van der Waals surface area contributed by atoms with Gasteiger partial charge in [-0.1, -0.05) is 12.8 Å². The lowest BCUT2D eigenvalue weighted by molar-refractivity contribution is -0.134. The number of furan rings is 1. The molecule has 8 heteroatoms. The van der Waals surface area contributed by atoms with Crippen molar-refractivity contribution in [3.63, 3.8) is 0 Å². The SMILES string of the molecule is Cc1ccc(C(CNC(=O)[C@@]23CCCC[C@H]2CNC3)N2CCOCC2)o1.Cl.Cl. The summed E-state index contributed by atoms with van der Waals surface area (Å²) in [7, 11) is 0. The lowest BCUT2D eigenvalue weighted by atomic mass is 9.67. The van der Waals surface area contributed by atoms with Crippen LogP contribution in [0.3, 0.4) is 0 Å². The van der Waals surface area contributed by atoms with Crippen LogP contribution in [0.5, 0.6) is 0 Å². The molecule has 0 radical (unpaired) electrons. The first kappa shape index (κ1) is 23.5. The van der Waals surface area contributed by atoms with Crippen molar-refractivity contribution in [2.24, 2.45) is 11.3 Å². The molecule has 1 aliphatic carbocycles. The van der Waals surface area contributed by atoms with Crippen molar-refractivity contribution < 1.29 is 13.9 Å². The summed E-state index contributed by atoms with van der Waals surface area (Å²) in [6.07, 6.45) is 4.60. The fraction of sp³-hybridized carbons (Fsp3) is 0.750. The topological polar surface area (TPSA) is 66.7 Å². The fourth-order valence-electron chi connectivity index (χ4n) is 4.99. The minimum atomic E-state index is -0.201. The van der Waals surface area contributed by atoms with Crippen LogP contribution in [0.1, 0.15) is 43.2 Å². The van der Waals surface area contributed by atoms with E-state index < -0.39 is 0 Å². The molecule has 0 bridgehead atoms. The van der Waals surface area contributed by atoms with Crippen LogP contribution in [0.15, 0.2) is 16.5 Å². The molecule has 3 fully saturated rings. The Morgan fingerprint density at radius 3 is 2.82 bits per heavy atom. The monoisotopic (exact) mass is 433 g/mol. The van der Waals surface area contributed by atoms with Crippen molar-refractivity contribution in [2.75, 3.05) is 45.9 Å². The molecule has 4 rings (SSSR count). The van der Waals surface area contributed by atoms with Crippen LogP contribution in [0.2, 0.25) is 0 Å². The maximum Gasteiger partial charge on any atom is 0.227 e. The number of nitrogens with zero attached hydrogens (tertiary/aromatic N) is 1. The molecule has 6 nitrogen and oxygen atoms in total. The van der Waals surface area contributed by atoms with Crippen LogP contribution in [-0.2, 0) is 9.53 Å². The van der Waals surface area contributed by atoms with Crippen molar-refractivity contribution >= 4 is 30.7 Å². The Hall–Kier alpha value is -0.790. The average molecular weight is 434 g/mol. The summed E-state index contributed by atoms with van der Waals surface area (Å²) in [5.74, 6) is 2.57. The van der Waals surface area contributed by atoms with E-state index >= 15 is 0 Å². The summed E-state index contributed by atoms with van der Waals surface area (Å²) in [4.78, 5) is 15.6. The molecule has 0 spiro atoms. The number of hydrogen-bond acceptors (Lipinski definition) is 5. The first-order valence-electron chi connectivity index (χ1n) is 10.1. The van der Waals surface area contributed by atoms with Crippen LogP contribution in [0.4, 0.5) is 0 Å². The smallest absolute Gasteiger partial charge is 0.227 e. The Balaban J connectivity index is 0.00000140. The Bertz CT molecular complexity index is 636. The van der Waals surface area contributed by atoms with Gasteiger partial charge in [0.2, 0.25) is 5.91 Å². The Morgan fingerprint density at radius 1 is 1.32 bits per heavy atom. The minimum absolute atomic E-state index is 0. The van der Waals surface area contributed by atoms with E-state index in [4.69, 9.17) is 9.15 Å². The zero-order chi connectivity index (χ0) is 18.0. The van der Waals surface area contributed by atoms with Crippen molar-refractivity contribution in [1.29, 1.82) is 0 Å². The van der Waals surface area contributed by atoms with E-state index in [9.17, 15) is 4.79 Å². The Labute approximate surface area is 179 Å². The predicted molar refractivity (Wildman–Crippen MR) is 113 cm³/mol. The van der Waals surface area contributed by atoms with E-state index in [1.54, 1.807) is 0 Å². The molecule has 0 aromatic carbocycles. The molecule has 2 N–H and O–H groups in total. The van der Waals surface area contributed by atoms with Crippen molar-refractivity contribution in [3.8, 4) is 0 Å². The number of rotatable bonds is 5. The lowest BCUT2D eigenvalue weighted by Crippen LogP contribution is -2.50. The molecule has 3 aliphatic rings. The summed E-state index contributed by atoms with van der Waals surface area (Å²) in [6.45, 7) is 7.59. The molecule has 1 aromatic heterocycles. The van der Waals surface area contributed by atoms with Gasteiger partial charge < -0.3 is 19.8 Å². The number of hydrogen-bond donors (Lipinski definition) is 2. The zero-order valence-electron chi connectivity index (χ0n) is 16.6. The van der Waals surface area contributed by atoms with E-state index in [2.05, 4.69) is 15.5 Å². The molecule has 1 saturated carbocycles. The maximum absolute atomic E-state index is 13.2. The predicted octanol–water partition coefficient (Wildman–Crippen LogP) is 2.70. The van der Waals surface area contributed by atoms with Gasteiger partial charge in [0.15, 0.2) is 0 Å². The van der Waals surface area contributed by atoms with E-state index in [0.717, 1.165) is 63.8 Å². The third-order valence-corrected chi connectivity index (χ3v) is 6.52. The summed E-state index contributed by atoms with van der Waals surface area (Å²) in [5, 5.41) is 6.76. The van der Waals surface area contributed by atoms with Crippen molar-refractivity contribution in [3.05, 3.63) is 23.7 Å². The highest BCUT2D eigenvalue weighted by Gasteiger charge is 2.49. The number of aryl methyl sites for hydroxylation is 1. The standard InChI is InChI=1S/C20H31N3O3.2ClH/c1-15-5-6-18(26-15)17(23-8-10-25-11-9-23)13-22-19(24)20-7-3-2-4-16(20)12-21-14-20;;/h5-6,16-17,21H,2-4,7-14H2,1H3,(H,22,24);2*1H/t16-,17?,20+;;/m0../s1. The first-order valence-corrected chi connectivity index (χ1v) is 10.1. The molecule has 28 heavy (non-hydrogen) atoms. The van der Waals surface area contributed by atoms with E-state index in [1.165, 1.54) is 12.8 Å². The summed E-state index contributed by atoms with van der Waals surface area (Å²) < 4.78 is 11.4. The second-order valence-corrected chi connectivity index (χ2v) is 8.05. The zero-order valence-corrected chi connectivity index (χ0v) is 18.2. The molecule has 2 saturated heterocycles. The number of halogens is 2. The number of amides is 1. The van der Waals surface area contributed by atoms with Gasteiger partial charge in [-0.3, -0.25) is 9.69 Å². The van der Waals surface area contributed by atoms with Gasteiger partial charge in [-0.05, 0) is 44.4 Å². The van der Waals surface area contributed by atoms with Crippen LogP contribution >= 0.6 is 24.8 Å². The second kappa shape index (κ2) is 10.3. The minimum Gasteiger partial charge on any atom is -0.465 e. The molecule has 1 aromatic rings. The molecule has 1 amide bonds. The number of nitrogens with one attached hydrogen (secondary N) is 2. The van der Waals surface area contributed by atoms with Crippen LogP contribution in [-0.4, -0.2) is 56.7 Å². The third-order valence-electron chi connectivity index (χ3n) is 6.52. The highest BCUT2D eigenvalue weighted by atomic mass is 35.5. The Morgan fingerprint density at radius 2 is 2.11 bits per heavy atom. The largest absolute Gasteiger partial charge is 0.465 e. The lowest BCUT2D eigenvalue weighted by Gasteiger charge is -2.38.